The molecule has 0 aliphatic carbocycles. The predicted octanol–water partition coefficient (Wildman–Crippen LogP) is 3.30. The number of amides is 1. The summed E-state index contributed by atoms with van der Waals surface area (Å²) in [5, 5.41) is 1.87. The minimum Gasteiger partial charge on any atom is -0.482 e. The molecule has 0 unspecified atom stereocenters. The lowest BCUT2D eigenvalue weighted by Gasteiger charge is -2.26. The molecule has 1 saturated heterocycles. The zero-order valence-electron chi connectivity index (χ0n) is 15.9. The van der Waals surface area contributed by atoms with Crippen LogP contribution in [-0.2, 0) is 9.53 Å². The van der Waals surface area contributed by atoms with Gasteiger partial charge in [0.05, 0.1) is 13.2 Å². The predicted molar refractivity (Wildman–Crippen MR) is 108 cm³/mol. The maximum atomic E-state index is 12.4. The third-order valence-electron chi connectivity index (χ3n) is 4.73. The fourth-order valence-corrected chi connectivity index (χ4v) is 3.22. The largest absolute Gasteiger partial charge is 0.482 e. The number of ether oxygens (including phenoxy) is 3. The lowest BCUT2D eigenvalue weighted by molar-refractivity contribution is -0.136. The summed E-state index contributed by atoms with van der Waals surface area (Å²) < 4.78 is 16.2. The molecule has 0 radical (unpaired) electrons. The van der Waals surface area contributed by atoms with Gasteiger partial charge in [-0.15, -0.1) is 0 Å². The van der Waals surface area contributed by atoms with E-state index in [0.717, 1.165) is 10.8 Å². The highest BCUT2D eigenvalue weighted by Crippen LogP contribution is 2.25. The lowest BCUT2D eigenvalue weighted by atomic mass is 10.1. The summed E-state index contributed by atoms with van der Waals surface area (Å²) in [5.41, 5.74) is 0.581. The first-order valence-electron chi connectivity index (χ1n) is 9.49. The molecule has 1 aliphatic rings. The van der Waals surface area contributed by atoms with Crippen molar-refractivity contribution in [1.82, 2.24) is 4.90 Å². The Labute approximate surface area is 168 Å². The van der Waals surface area contributed by atoms with Gasteiger partial charge in [0.2, 0.25) is 0 Å². The maximum absolute atomic E-state index is 12.4. The van der Waals surface area contributed by atoms with E-state index >= 15 is 0 Å². The van der Waals surface area contributed by atoms with Crippen LogP contribution < -0.4 is 9.47 Å². The van der Waals surface area contributed by atoms with Gasteiger partial charge in [0.1, 0.15) is 11.5 Å². The molecule has 1 heterocycles. The van der Waals surface area contributed by atoms with Crippen LogP contribution in [-0.4, -0.2) is 49.7 Å². The first-order chi connectivity index (χ1) is 14.2. The zero-order chi connectivity index (χ0) is 20.1. The highest BCUT2D eigenvalue weighted by molar-refractivity contribution is 5.94. The number of benzene rings is 3. The number of hydrogen-bond acceptors (Lipinski definition) is 5. The minimum atomic E-state index is -0.491. The van der Waals surface area contributed by atoms with Crippen molar-refractivity contribution in [3.8, 4) is 11.5 Å². The summed E-state index contributed by atoms with van der Waals surface area (Å²) in [6, 6.07) is 20.0. The van der Waals surface area contributed by atoms with Gasteiger partial charge in [-0.2, -0.15) is 0 Å². The second-order valence-corrected chi connectivity index (χ2v) is 6.67. The molecular weight excluding hydrogens is 370 g/mol. The van der Waals surface area contributed by atoms with Crippen LogP contribution >= 0.6 is 0 Å². The molecule has 148 valence electrons. The second-order valence-electron chi connectivity index (χ2n) is 6.67. The molecule has 0 N–H and O–H groups in total. The summed E-state index contributed by atoms with van der Waals surface area (Å²) in [4.78, 5) is 26.4. The number of carbonyl (C=O) groups excluding carboxylic acids is 2. The van der Waals surface area contributed by atoms with Gasteiger partial charge in [-0.1, -0.05) is 36.4 Å². The van der Waals surface area contributed by atoms with Crippen molar-refractivity contribution in [3.05, 3.63) is 72.3 Å². The maximum Gasteiger partial charge on any atom is 0.349 e. The monoisotopic (exact) mass is 391 g/mol. The third kappa shape index (κ3) is 4.55. The summed E-state index contributed by atoms with van der Waals surface area (Å²) in [7, 11) is 0. The van der Waals surface area contributed by atoms with Crippen molar-refractivity contribution in [2.24, 2.45) is 0 Å². The van der Waals surface area contributed by atoms with E-state index in [9.17, 15) is 9.59 Å². The Balaban J connectivity index is 1.34. The summed E-state index contributed by atoms with van der Waals surface area (Å²) in [6.07, 6.45) is 0. The van der Waals surface area contributed by atoms with Gasteiger partial charge in [0.15, 0.2) is 6.61 Å². The van der Waals surface area contributed by atoms with E-state index in [-0.39, 0.29) is 12.5 Å². The molecule has 0 aromatic heterocycles. The van der Waals surface area contributed by atoms with Gasteiger partial charge in [0.25, 0.3) is 5.91 Å². The van der Waals surface area contributed by atoms with E-state index < -0.39 is 5.97 Å². The number of morpholine rings is 1. The molecule has 3 aromatic rings. The fourth-order valence-electron chi connectivity index (χ4n) is 3.22. The molecule has 6 heteroatoms. The minimum absolute atomic E-state index is 0.0322. The van der Waals surface area contributed by atoms with Crippen molar-refractivity contribution >= 4 is 22.6 Å². The van der Waals surface area contributed by atoms with Crippen LogP contribution in [0.25, 0.3) is 10.8 Å². The molecule has 0 atom stereocenters. The van der Waals surface area contributed by atoms with E-state index in [4.69, 9.17) is 14.2 Å². The Morgan fingerprint density at radius 3 is 2.41 bits per heavy atom. The van der Waals surface area contributed by atoms with Gasteiger partial charge >= 0.3 is 5.97 Å². The topological polar surface area (TPSA) is 65.1 Å². The number of rotatable bonds is 5. The van der Waals surface area contributed by atoms with Gasteiger partial charge in [-0.05, 0) is 35.7 Å². The molecule has 29 heavy (non-hydrogen) atoms. The molecule has 0 spiro atoms. The number of carbonyl (C=O) groups is 2. The summed E-state index contributed by atoms with van der Waals surface area (Å²) in [5.74, 6) is 0.478. The van der Waals surface area contributed by atoms with Crippen LogP contribution in [0.15, 0.2) is 66.7 Å². The van der Waals surface area contributed by atoms with E-state index in [2.05, 4.69) is 0 Å². The van der Waals surface area contributed by atoms with Gasteiger partial charge in [0, 0.05) is 24.0 Å². The molecule has 1 aliphatic heterocycles. The van der Waals surface area contributed by atoms with Crippen molar-refractivity contribution in [1.29, 1.82) is 0 Å². The van der Waals surface area contributed by atoms with Crippen LogP contribution in [0.2, 0.25) is 0 Å². The Kier molecular flexibility index (Phi) is 5.72. The van der Waals surface area contributed by atoms with Crippen LogP contribution in [0.4, 0.5) is 0 Å². The average molecular weight is 391 g/mol. The zero-order valence-corrected chi connectivity index (χ0v) is 15.9. The molecule has 6 nitrogen and oxygen atoms in total. The van der Waals surface area contributed by atoms with E-state index in [1.807, 2.05) is 36.4 Å². The first-order valence-corrected chi connectivity index (χ1v) is 9.49. The molecule has 3 aromatic carbocycles. The number of hydrogen-bond donors (Lipinski definition) is 0. The third-order valence-corrected chi connectivity index (χ3v) is 4.73. The molecule has 0 bridgehead atoms. The lowest BCUT2D eigenvalue weighted by Crippen LogP contribution is -2.40. The molecule has 1 amide bonds. The van der Waals surface area contributed by atoms with Gasteiger partial charge in [-0.3, -0.25) is 4.79 Å². The van der Waals surface area contributed by atoms with Crippen LogP contribution in [0, 0.1) is 0 Å². The van der Waals surface area contributed by atoms with Crippen LogP contribution in [0.3, 0.4) is 0 Å². The molecule has 4 rings (SSSR count). The SMILES string of the molecule is O=C(COc1ccc(C(=O)N2CCOCC2)cc1)Oc1cccc2ccccc12. The quantitative estimate of drug-likeness (QED) is 0.493. The van der Waals surface area contributed by atoms with E-state index in [1.165, 1.54) is 0 Å². The molecule has 0 saturated carbocycles. The van der Waals surface area contributed by atoms with E-state index in [0.29, 0.717) is 43.4 Å². The Morgan fingerprint density at radius 2 is 1.62 bits per heavy atom. The highest BCUT2D eigenvalue weighted by atomic mass is 16.6. The second kappa shape index (κ2) is 8.75. The Hall–Kier alpha value is -3.38. The number of esters is 1. The van der Waals surface area contributed by atoms with Crippen LogP contribution in [0.5, 0.6) is 11.5 Å². The normalized spacial score (nSPS) is 13.9. The summed E-state index contributed by atoms with van der Waals surface area (Å²) in [6.45, 7) is 2.09. The van der Waals surface area contributed by atoms with Crippen molar-refractivity contribution in [2.45, 2.75) is 0 Å². The number of nitrogens with zero attached hydrogens (tertiary/aromatic N) is 1. The molecule has 1 fully saturated rings. The van der Waals surface area contributed by atoms with E-state index in [1.54, 1.807) is 35.2 Å². The first kappa shape index (κ1) is 19.0. The fraction of sp³-hybridized carbons (Fsp3) is 0.217. The van der Waals surface area contributed by atoms with Crippen molar-refractivity contribution in [3.63, 3.8) is 0 Å². The smallest absolute Gasteiger partial charge is 0.349 e. The Morgan fingerprint density at radius 1 is 0.897 bits per heavy atom. The van der Waals surface area contributed by atoms with Gasteiger partial charge in [-0.25, -0.2) is 4.79 Å². The van der Waals surface area contributed by atoms with Gasteiger partial charge < -0.3 is 19.1 Å². The number of fused-ring (bicyclic) bond motifs is 1. The summed E-state index contributed by atoms with van der Waals surface area (Å²) >= 11 is 0. The van der Waals surface area contributed by atoms with Crippen molar-refractivity contribution < 1.29 is 23.8 Å². The highest BCUT2D eigenvalue weighted by Gasteiger charge is 2.18. The Bertz CT molecular complexity index is 1000. The standard InChI is InChI=1S/C23H21NO5/c25-22(29-21-7-3-5-17-4-1-2-6-20(17)21)16-28-19-10-8-18(9-11-19)23(26)24-12-14-27-15-13-24/h1-11H,12-16H2. The average Bonchev–Trinajstić information content (AvgIpc) is 2.78. The van der Waals surface area contributed by atoms with Crippen molar-refractivity contribution in [2.75, 3.05) is 32.9 Å². The molecular formula is C23H21NO5. The van der Waals surface area contributed by atoms with Crippen LogP contribution in [0.1, 0.15) is 10.4 Å².